The fraction of sp³-hybridized carbons (Fsp3) is 0.533. The average molecular weight is 293 g/mol. The van der Waals surface area contributed by atoms with E-state index >= 15 is 0 Å². The lowest BCUT2D eigenvalue weighted by molar-refractivity contribution is -0.153. The lowest BCUT2D eigenvalue weighted by Gasteiger charge is -2.35. The second-order valence-corrected chi connectivity index (χ2v) is 6.22. The van der Waals surface area contributed by atoms with Gasteiger partial charge in [-0.25, -0.2) is 0 Å². The SMILES string of the molecule is COC(=O)C1COCCN1CC1CSc2ccccc21. The smallest absolute Gasteiger partial charge is 0.325 e. The van der Waals surface area contributed by atoms with Crippen LogP contribution < -0.4 is 0 Å². The van der Waals surface area contributed by atoms with E-state index in [4.69, 9.17) is 9.47 Å². The van der Waals surface area contributed by atoms with E-state index in [1.54, 1.807) is 0 Å². The van der Waals surface area contributed by atoms with Gasteiger partial charge in [0, 0.05) is 29.7 Å². The normalized spacial score (nSPS) is 26.2. The number of nitrogens with zero attached hydrogens (tertiary/aromatic N) is 1. The molecule has 1 aromatic rings. The predicted octanol–water partition coefficient (Wildman–Crippen LogP) is 1.75. The third-order valence-electron chi connectivity index (χ3n) is 3.97. The van der Waals surface area contributed by atoms with Gasteiger partial charge in [0.05, 0.1) is 20.3 Å². The molecule has 20 heavy (non-hydrogen) atoms. The van der Waals surface area contributed by atoms with E-state index in [9.17, 15) is 4.79 Å². The molecule has 2 heterocycles. The van der Waals surface area contributed by atoms with Gasteiger partial charge in [-0.3, -0.25) is 9.69 Å². The van der Waals surface area contributed by atoms with Crippen LogP contribution in [-0.2, 0) is 14.3 Å². The van der Waals surface area contributed by atoms with E-state index in [-0.39, 0.29) is 12.0 Å². The van der Waals surface area contributed by atoms with E-state index in [1.807, 2.05) is 11.8 Å². The fourth-order valence-corrected chi connectivity index (χ4v) is 4.12. The maximum absolute atomic E-state index is 11.8. The zero-order chi connectivity index (χ0) is 13.9. The van der Waals surface area contributed by atoms with E-state index in [2.05, 4.69) is 29.2 Å². The molecule has 0 spiro atoms. The molecule has 0 radical (unpaired) electrons. The zero-order valence-electron chi connectivity index (χ0n) is 11.6. The van der Waals surface area contributed by atoms with Crippen molar-refractivity contribution in [1.29, 1.82) is 0 Å². The standard InChI is InChI=1S/C15H19NO3S/c1-18-15(17)13-9-19-7-6-16(13)8-11-10-20-14-5-3-2-4-12(11)14/h2-5,11,13H,6-10H2,1H3. The second-order valence-electron chi connectivity index (χ2n) is 5.15. The number of ether oxygens (including phenoxy) is 2. The minimum absolute atomic E-state index is 0.191. The molecule has 0 amide bonds. The highest BCUT2D eigenvalue weighted by Gasteiger charge is 2.33. The molecule has 3 rings (SSSR count). The molecule has 0 aliphatic carbocycles. The first kappa shape index (κ1) is 13.9. The van der Waals surface area contributed by atoms with Gasteiger partial charge in [0.15, 0.2) is 0 Å². The molecule has 5 heteroatoms. The molecule has 4 nitrogen and oxygen atoms in total. The van der Waals surface area contributed by atoms with Gasteiger partial charge in [0.1, 0.15) is 6.04 Å². The Bertz CT molecular complexity index is 494. The van der Waals surface area contributed by atoms with Crippen LogP contribution in [0.3, 0.4) is 0 Å². The largest absolute Gasteiger partial charge is 0.468 e. The molecular weight excluding hydrogens is 274 g/mol. The predicted molar refractivity (Wildman–Crippen MR) is 78.1 cm³/mol. The van der Waals surface area contributed by atoms with Gasteiger partial charge in [0.2, 0.25) is 0 Å². The van der Waals surface area contributed by atoms with Crippen LogP contribution in [0, 0.1) is 0 Å². The number of thioether (sulfide) groups is 1. The highest BCUT2D eigenvalue weighted by molar-refractivity contribution is 7.99. The Morgan fingerprint density at radius 1 is 1.50 bits per heavy atom. The molecule has 2 unspecified atom stereocenters. The summed E-state index contributed by atoms with van der Waals surface area (Å²) in [5.41, 5.74) is 1.41. The topological polar surface area (TPSA) is 38.8 Å². The van der Waals surface area contributed by atoms with Crippen molar-refractivity contribution in [3.63, 3.8) is 0 Å². The van der Waals surface area contributed by atoms with Crippen LogP contribution in [0.2, 0.25) is 0 Å². The molecule has 0 N–H and O–H groups in total. The van der Waals surface area contributed by atoms with Crippen molar-refractivity contribution in [2.75, 3.05) is 39.2 Å². The minimum atomic E-state index is -0.258. The Labute approximate surface area is 123 Å². The summed E-state index contributed by atoms with van der Waals surface area (Å²) in [6, 6.07) is 8.30. The van der Waals surface area contributed by atoms with E-state index in [0.29, 0.717) is 19.1 Å². The summed E-state index contributed by atoms with van der Waals surface area (Å²) < 4.78 is 10.3. The van der Waals surface area contributed by atoms with Crippen LogP contribution in [-0.4, -0.2) is 56.1 Å². The minimum Gasteiger partial charge on any atom is -0.468 e. The molecule has 1 saturated heterocycles. The number of morpholine rings is 1. The lowest BCUT2D eigenvalue weighted by Crippen LogP contribution is -2.51. The molecule has 1 aromatic carbocycles. The number of methoxy groups -OCH3 is 1. The zero-order valence-corrected chi connectivity index (χ0v) is 12.4. The van der Waals surface area contributed by atoms with Gasteiger partial charge in [-0.1, -0.05) is 18.2 Å². The molecule has 0 aromatic heterocycles. The Balaban J connectivity index is 1.72. The number of carbonyl (C=O) groups is 1. The van der Waals surface area contributed by atoms with Crippen molar-refractivity contribution >= 4 is 17.7 Å². The van der Waals surface area contributed by atoms with E-state index < -0.39 is 0 Å². The van der Waals surface area contributed by atoms with E-state index in [0.717, 1.165) is 18.8 Å². The van der Waals surface area contributed by atoms with Crippen LogP contribution in [0.5, 0.6) is 0 Å². The van der Waals surface area contributed by atoms with Crippen LogP contribution in [0.4, 0.5) is 0 Å². The van der Waals surface area contributed by atoms with Crippen molar-refractivity contribution in [3.8, 4) is 0 Å². The summed E-state index contributed by atoms with van der Waals surface area (Å²) in [6.45, 7) is 2.82. The van der Waals surface area contributed by atoms with Crippen LogP contribution in [0.25, 0.3) is 0 Å². The van der Waals surface area contributed by atoms with Gasteiger partial charge in [-0.05, 0) is 11.6 Å². The summed E-state index contributed by atoms with van der Waals surface area (Å²) in [5.74, 6) is 1.38. The summed E-state index contributed by atoms with van der Waals surface area (Å²) in [5, 5.41) is 0. The highest BCUT2D eigenvalue weighted by atomic mass is 32.2. The summed E-state index contributed by atoms with van der Waals surface area (Å²) >= 11 is 1.91. The molecule has 2 aliphatic rings. The number of rotatable bonds is 3. The van der Waals surface area contributed by atoms with Crippen molar-refractivity contribution in [2.45, 2.75) is 16.9 Å². The third-order valence-corrected chi connectivity index (χ3v) is 5.22. The van der Waals surface area contributed by atoms with Gasteiger partial charge in [0.25, 0.3) is 0 Å². The highest BCUT2D eigenvalue weighted by Crippen LogP contribution is 2.39. The summed E-state index contributed by atoms with van der Waals surface area (Å²) in [6.07, 6.45) is 0. The summed E-state index contributed by atoms with van der Waals surface area (Å²) in [4.78, 5) is 15.4. The van der Waals surface area contributed by atoms with Crippen molar-refractivity contribution in [2.24, 2.45) is 0 Å². The van der Waals surface area contributed by atoms with Crippen molar-refractivity contribution in [3.05, 3.63) is 29.8 Å². The van der Waals surface area contributed by atoms with E-state index in [1.165, 1.54) is 17.6 Å². The molecule has 2 aliphatic heterocycles. The lowest BCUT2D eigenvalue weighted by atomic mass is 10.00. The molecule has 108 valence electrons. The molecule has 0 saturated carbocycles. The maximum Gasteiger partial charge on any atom is 0.325 e. The van der Waals surface area contributed by atoms with Crippen LogP contribution in [0.15, 0.2) is 29.2 Å². The first-order valence-electron chi connectivity index (χ1n) is 6.91. The van der Waals surface area contributed by atoms with Gasteiger partial charge in [-0.2, -0.15) is 0 Å². The number of esters is 1. The third kappa shape index (κ3) is 2.71. The summed E-state index contributed by atoms with van der Waals surface area (Å²) in [7, 11) is 1.44. The first-order valence-corrected chi connectivity index (χ1v) is 7.89. The maximum atomic E-state index is 11.8. The Morgan fingerprint density at radius 3 is 3.20 bits per heavy atom. The monoisotopic (exact) mass is 293 g/mol. The number of fused-ring (bicyclic) bond motifs is 1. The van der Waals surface area contributed by atoms with Crippen molar-refractivity contribution in [1.82, 2.24) is 4.90 Å². The van der Waals surface area contributed by atoms with Crippen LogP contribution >= 0.6 is 11.8 Å². The van der Waals surface area contributed by atoms with Crippen molar-refractivity contribution < 1.29 is 14.3 Å². The molecule has 1 fully saturated rings. The van der Waals surface area contributed by atoms with Gasteiger partial charge < -0.3 is 9.47 Å². The van der Waals surface area contributed by atoms with Crippen LogP contribution in [0.1, 0.15) is 11.5 Å². The average Bonchev–Trinajstić information content (AvgIpc) is 2.90. The molecule has 2 atom stereocenters. The Morgan fingerprint density at radius 2 is 2.35 bits per heavy atom. The quantitative estimate of drug-likeness (QED) is 0.794. The first-order chi connectivity index (χ1) is 9.79. The molecular formula is C15H19NO3S. The number of benzene rings is 1. The Hall–Kier alpha value is -1.04. The fourth-order valence-electron chi connectivity index (χ4n) is 2.87. The van der Waals surface area contributed by atoms with Gasteiger partial charge >= 0.3 is 5.97 Å². The number of hydrogen-bond acceptors (Lipinski definition) is 5. The number of hydrogen-bond donors (Lipinski definition) is 0. The molecule has 0 bridgehead atoms. The number of carbonyl (C=O) groups excluding carboxylic acids is 1. The van der Waals surface area contributed by atoms with Gasteiger partial charge in [-0.15, -0.1) is 11.8 Å². The second kappa shape index (κ2) is 6.16. The Kier molecular flexibility index (Phi) is 4.29.